The van der Waals surface area contributed by atoms with E-state index in [0.717, 1.165) is 47.0 Å². The van der Waals surface area contributed by atoms with Crippen LogP contribution in [0.2, 0.25) is 0 Å². The normalized spacial score (nSPS) is 15.6. The van der Waals surface area contributed by atoms with Gasteiger partial charge in [-0.05, 0) is 75.1 Å². The lowest BCUT2D eigenvalue weighted by molar-refractivity contribution is -0.137. The van der Waals surface area contributed by atoms with Crippen LogP contribution < -0.4 is 0 Å². The summed E-state index contributed by atoms with van der Waals surface area (Å²) in [5.41, 5.74) is 4.19. The molecule has 0 aliphatic carbocycles. The molecule has 0 radical (unpaired) electrons. The molecular formula is C25H25F3N4O. The van der Waals surface area contributed by atoms with Gasteiger partial charge in [0.2, 0.25) is 0 Å². The molecule has 3 heterocycles. The Hall–Kier alpha value is -3.29. The number of carbonyl (C=O) groups excluding carboxylic acids is 1. The number of nitrogens with zero attached hydrogens (tertiary/aromatic N) is 3. The van der Waals surface area contributed by atoms with Crippen molar-refractivity contribution in [1.29, 1.82) is 0 Å². The van der Waals surface area contributed by atoms with Crippen molar-refractivity contribution in [3.05, 3.63) is 64.6 Å². The van der Waals surface area contributed by atoms with Gasteiger partial charge < -0.3 is 14.5 Å². The summed E-state index contributed by atoms with van der Waals surface area (Å²) in [6.45, 7) is 7.05. The standard InChI is InChI=1S/C25H25F3N4O/c1-14-10-15(2)19-13-22(30-20(19)11-14)24(33)31-8-6-18(7-9-31)32-16(3)29-21-12-17(25(26,27)28)4-5-23(21)32/h4-5,10-13,18,30H,6-9H2,1-3H3. The third-order valence-corrected chi connectivity index (χ3v) is 6.63. The number of nitrogens with one attached hydrogen (secondary N) is 1. The highest BCUT2D eigenvalue weighted by Gasteiger charge is 2.32. The van der Waals surface area contributed by atoms with Gasteiger partial charge >= 0.3 is 6.18 Å². The number of aromatic amines is 1. The Kier molecular flexibility index (Phi) is 4.99. The van der Waals surface area contributed by atoms with E-state index in [2.05, 4.69) is 16.0 Å². The van der Waals surface area contributed by atoms with Gasteiger partial charge in [0.25, 0.3) is 5.91 Å². The molecule has 1 aliphatic rings. The summed E-state index contributed by atoms with van der Waals surface area (Å²) in [5, 5.41) is 1.05. The summed E-state index contributed by atoms with van der Waals surface area (Å²) in [7, 11) is 0. The highest BCUT2D eigenvalue weighted by atomic mass is 19.4. The van der Waals surface area contributed by atoms with E-state index in [9.17, 15) is 18.0 Å². The largest absolute Gasteiger partial charge is 0.416 e. The lowest BCUT2D eigenvalue weighted by Gasteiger charge is -2.33. The van der Waals surface area contributed by atoms with Crippen LogP contribution in [0.3, 0.4) is 0 Å². The van der Waals surface area contributed by atoms with Gasteiger partial charge in [-0.3, -0.25) is 4.79 Å². The van der Waals surface area contributed by atoms with Crippen molar-refractivity contribution in [2.75, 3.05) is 13.1 Å². The highest BCUT2D eigenvalue weighted by Crippen LogP contribution is 2.34. The fourth-order valence-electron chi connectivity index (χ4n) is 5.07. The van der Waals surface area contributed by atoms with Crippen molar-refractivity contribution < 1.29 is 18.0 Å². The van der Waals surface area contributed by atoms with Crippen LogP contribution in [0.15, 0.2) is 36.4 Å². The number of alkyl halides is 3. The first-order valence-electron chi connectivity index (χ1n) is 11.1. The Morgan fingerprint density at radius 3 is 2.48 bits per heavy atom. The summed E-state index contributed by atoms with van der Waals surface area (Å²) in [4.78, 5) is 22.6. The van der Waals surface area contributed by atoms with E-state index >= 15 is 0 Å². The highest BCUT2D eigenvalue weighted by molar-refractivity contribution is 5.99. The number of fused-ring (bicyclic) bond motifs is 2. The van der Waals surface area contributed by atoms with Crippen molar-refractivity contribution in [2.24, 2.45) is 0 Å². The predicted molar refractivity (Wildman–Crippen MR) is 121 cm³/mol. The van der Waals surface area contributed by atoms with Crippen LogP contribution in [-0.2, 0) is 6.18 Å². The predicted octanol–water partition coefficient (Wildman–Crippen LogP) is 5.94. The molecule has 0 bridgehead atoms. The molecule has 33 heavy (non-hydrogen) atoms. The fourth-order valence-corrected chi connectivity index (χ4v) is 5.07. The van der Waals surface area contributed by atoms with Crippen molar-refractivity contribution in [1.82, 2.24) is 19.4 Å². The second-order valence-corrected chi connectivity index (χ2v) is 8.98. The van der Waals surface area contributed by atoms with Crippen LogP contribution in [0.5, 0.6) is 0 Å². The van der Waals surface area contributed by atoms with Crippen LogP contribution in [0.25, 0.3) is 21.9 Å². The van der Waals surface area contributed by atoms with Crippen LogP contribution in [-0.4, -0.2) is 38.4 Å². The summed E-state index contributed by atoms with van der Waals surface area (Å²) >= 11 is 0. The van der Waals surface area contributed by atoms with Crippen LogP contribution in [0.1, 0.15) is 51.9 Å². The van der Waals surface area contributed by atoms with Crippen molar-refractivity contribution in [3.63, 3.8) is 0 Å². The minimum absolute atomic E-state index is 0.0243. The number of hydrogen-bond donors (Lipinski definition) is 1. The van der Waals surface area contributed by atoms with E-state index in [1.54, 1.807) is 0 Å². The van der Waals surface area contributed by atoms with Crippen molar-refractivity contribution >= 4 is 27.8 Å². The molecule has 172 valence electrons. The van der Waals surface area contributed by atoms with Crippen LogP contribution in [0.4, 0.5) is 13.2 Å². The lowest BCUT2D eigenvalue weighted by Crippen LogP contribution is -2.39. The maximum Gasteiger partial charge on any atom is 0.416 e. The number of aryl methyl sites for hydroxylation is 3. The number of carbonyl (C=O) groups is 1. The SMILES string of the molecule is Cc1cc(C)c2cc(C(=O)N3CCC(n4c(C)nc5cc(C(F)(F)F)ccc54)CC3)[nH]c2c1. The smallest absolute Gasteiger partial charge is 0.351 e. The Labute approximate surface area is 189 Å². The molecule has 1 amide bonds. The van der Waals surface area contributed by atoms with Gasteiger partial charge in [-0.25, -0.2) is 4.98 Å². The Morgan fingerprint density at radius 2 is 1.79 bits per heavy atom. The Bertz CT molecular complexity index is 1370. The van der Waals surface area contributed by atoms with Crippen molar-refractivity contribution in [2.45, 2.75) is 45.8 Å². The molecular weight excluding hydrogens is 429 g/mol. The monoisotopic (exact) mass is 454 g/mol. The topological polar surface area (TPSA) is 53.9 Å². The molecule has 5 rings (SSSR count). The number of hydrogen-bond acceptors (Lipinski definition) is 2. The minimum Gasteiger partial charge on any atom is -0.351 e. The van der Waals surface area contributed by atoms with Gasteiger partial charge in [0.05, 0.1) is 16.6 Å². The molecule has 0 saturated carbocycles. The molecule has 1 aliphatic heterocycles. The first kappa shape index (κ1) is 21.6. The molecule has 5 nitrogen and oxygen atoms in total. The molecule has 8 heteroatoms. The maximum atomic E-state index is 13.1. The minimum atomic E-state index is -4.39. The third-order valence-electron chi connectivity index (χ3n) is 6.63. The number of likely N-dealkylation sites (tertiary alicyclic amines) is 1. The zero-order valence-corrected chi connectivity index (χ0v) is 18.8. The van der Waals surface area contributed by atoms with E-state index < -0.39 is 11.7 Å². The number of amides is 1. The summed E-state index contributed by atoms with van der Waals surface area (Å²) in [6.07, 6.45) is -2.95. The van der Waals surface area contributed by atoms with E-state index in [-0.39, 0.29) is 11.9 Å². The second kappa shape index (κ2) is 7.64. The van der Waals surface area contributed by atoms with E-state index in [0.29, 0.717) is 35.6 Å². The number of aromatic nitrogens is 3. The average Bonchev–Trinajstić information content (AvgIpc) is 3.32. The average molecular weight is 454 g/mol. The number of imidazole rings is 1. The Morgan fingerprint density at radius 1 is 1.06 bits per heavy atom. The summed E-state index contributed by atoms with van der Waals surface area (Å²) < 4.78 is 41.2. The first-order chi connectivity index (χ1) is 15.6. The van der Waals surface area contributed by atoms with Gasteiger partial charge in [-0.15, -0.1) is 0 Å². The number of H-pyrrole nitrogens is 1. The molecule has 0 spiro atoms. The molecule has 1 fully saturated rings. The maximum absolute atomic E-state index is 13.1. The molecule has 0 atom stereocenters. The molecule has 1 N–H and O–H groups in total. The fraction of sp³-hybridized carbons (Fsp3) is 0.360. The van der Waals surface area contributed by atoms with Gasteiger partial charge in [0.15, 0.2) is 0 Å². The third kappa shape index (κ3) is 3.77. The van der Waals surface area contributed by atoms with Gasteiger partial charge in [0, 0.05) is 30.0 Å². The van der Waals surface area contributed by atoms with Crippen LogP contribution >= 0.6 is 0 Å². The van der Waals surface area contributed by atoms with Crippen LogP contribution in [0, 0.1) is 20.8 Å². The van der Waals surface area contributed by atoms with E-state index in [1.165, 1.54) is 6.07 Å². The lowest BCUT2D eigenvalue weighted by atomic mass is 10.0. The zero-order valence-electron chi connectivity index (χ0n) is 18.8. The number of halogens is 3. The molecule has 1 saturated heterocycles. The summed E-state index contributed by atoms with van der Waals surface area (Å²) in [5.74, 6) is 0.666. The van der Waals surface area contributed by atoms with Gasteiger partial charge in [0.1, 0.15) is 11.5 Å². The first-order valence-corrected chi connectivity index (χ1v) is 11.1. The molecule has 0 unspecified atom stereocenters. The quantitative estimate of drug-likeness (QED) is 0.408. The van der Waals surface area contributed by atoms with Gasteiger partial charge in [-0.2, -0.15) is 13.2 Å². The molecule has 2 aromatic carbocycles. The summed E-state index contributed by atoms with van der Waals surface area (Å²) in [6, 6.07) is 9.88. The molecule has 4 aromatic rings. The Balaban J connectivity index is 1.35. The molecule has 2 aromatic heterocycles. The van der Waals surface area contributed by atoms with Crippen molar-refractivity contribution in [3.8, 4) is 0 Å². The number of rotatable bonds is 2. The second-order valence-electron chi connectivity index (χ2n) is 8.98. The van der Waals surface area contributed by atoms with Gasteiger partial charge in [-0.1, -0.05) is 6.07 Å². The number of piperidine rings is 1. The zero-order chi connectivity index (χ0) is 23.5. The van der Waals surface area contributed by atoms with E-state index in [4.69, 9.17) is 0 Å². The van der Waals surface area contributed by atoms with E-state index in [1.807, 2.05) is 42.4 Å². The number of benzene rings is 2.